The third-order valence-electron chi connectivity index (χ3n) is 4.02. The molecule has 0 aliphatic carbocycles. The second-order valence-corrected chi connectivity index (χ2v) is 7.97. The molecule has 6 nitrogen and oxygen atoms in total. The molecule has 1 fully saturated rings. The smallest absolute Gasteiger partial charge is 0.269 e. The van der Waals surface area contributed by atoms with Gasteiger partial charge in [-0.2, -0.15) is 4.98 Å². The summed E-state index contributed by atoms with van der Waals surface area (Å²) in [5.41, 5.74) is 0.236. The summed E-state index contributed by atoms with van der Waals surface area (Å²) >= 11 is 12.2. The van der Waals surface area contributed by atoms with E-state index in [1.807, 2.05) is 0 Å². The van der Waals surface area contributed by atoms with Gasteiger partial charge in [0.15, 0.2) is 0 Å². The van der Waals surface area contributed by atoms with Crippen LogP contribution in [0.15, 0.2) is 58.4 Å². The molecule has 140 valence electrons. The molecule has 0 saturated carbocycles. The van der Waals surface area contributed by atoms with Crippen molar-refractivity contribution >= 4 is 57.5 Å². The number of aromatic nitrogens is 2. The third-order valence-corrected chi connectivity index (χ3v) is 5.76. The number of nitrogens with zero attached hydrogens (tertiary/aromatic N) is 3. The molecule has 1 saturated heterocycles. The van der Waals surface area contributed by atoms with Gasteiger partial charge in [0.2, 0.25) is 5.88 Å². The topological polar surface area (TPSA) is 63.9 Å². The number of pyridine rings is 1. The van der Waals surface area contributed by atoms with Crippen molar-refractivity contribution in [3.8, 4) is 11.6 Å². The fourth-order valence-electron chi connectivity index (χ4n) is 2.57. The highest BCUT2D eigenvalue weighted by Crippen LogP contribution is 2.33. The Hall–Kier alpha value is -2.68. The molecule has 0 radical (unpaired) electrons. The number of amides is 1. The minimum atomic E-state index is -0.351. The van der Waals surface area contributed by atoms with E-state index in [1.165, 1.54) is 15.4 Å². The van der Waals surface area contributed by atoms with Crippen molar-refractivity contribution in [2.24, 2.45) is 0 Å². The maximum absolute atomic E-state index is 13.1. The molecule has 1 aliphatic heterocycles. The zero-order chi connectivity index (χ0) is 19.8. The van der Waals surface area contributed by atoms with Crippen LogP contribution in [-0.4, -0.2) is 31.6 Å². The molecule has 0 unspecified atom stereocenters. The van der Waals surface area contributed by atoms with Gasteiger partial charge in [-0.15, -0.1) is 0 Å². The lowest BCUT2D eigenvalue weighted by Crippen LogP contribution is -2.22. The molecular weight excluding hydrogens is 418 g/mol. The minimum Gasteiger partial charge on any atom is -0.438 e. The van der Waals surface area contributed by atoms with Crippen LogP contribution in [0.25, 0.3) is 11.7 Å². The maximum Gasteiger partial charge on any atom is 0.269 e. The van der Waals surface area contributed by atoms with Crippen molar-refractivity contribution < 1.29 is 9.53 Å². The Bertz CT molecular complexity index is 1210. The number of likely N-dealkylation sites (N-methyl/N-ethyl adjacent to an activating group) is 1. The normalized spacial score (nSPS) is 15.6. The van der Waals surface area contributed by atoms with Gasteiger partial charge in [0, 0.05) is 18.3 Å². The number of thiocarbonyl (C=S) groups is 1. The van der Waals surface area contributed by atoms with E-state index in [-0.39, 0.29) is 22.9 Å². The Labute approximate surface area is 174 Å². The first-order valence-corrected chi connectivity index (χ1v) is 9.71. The lowest BCUT2D eigenvalue weighted by molar-refractivity contribution is -0.121. The third kappa shape index (κ3) is 3.42. The van der Waals surface area contributed by atoms with Gasteiger partial charge in [0.05, 0.1) is 4.91 Å². The number of hydrogen-bond acceptors (Lipinski definition) is 6. The van der Waals surface area contributed by atoms with Crippen molar-refractivity contribution in [3.05, 3.63) is 74.5 Å². The zero-order valence-corrected chi connectivity index (χ0v) is 16.8. The molecule has 3 aromatic rings. The van der Waals surface area contributed by atoms with Gasteiger partial charge in [-0.3, -0.25) is 18.9 Å². The highest BCUT2D eigenvalue weighted by atomic mass is 35.5. The Balaban J connectivity index is 1.89. The summed E-state index contributed by atoms with van der Waals surface area (Å²) in [7, 11) is 1.59. The van der Waals surface area contributed by atoms with Crippen molar-refractivity contribution in [2.75, 3.05) is 7.05 Å². The summed E-state index contributed by atoms with van der Waals surface area (Å²) in [6, 6.07) is 11.9. The van der Waals surface area contributed by atoms with E-state index in [2.05, 4.69) is 4.98 Å². The molecular formula is C19H12ClN3O3S2. The quantitative estimate of drug-likeness (QED) is 0.463. The van der Waals surface area contributed by atoms with Crippen LogP contribution < -0.4 is 10.3 Å². The Kier molecular flexibility index (Phi) is 4.92. The zero-order valence-electron chi connectivity index (χ0n) is 14.5. The van der Waals surface area contributed by atoms with Gasteiger partial charge >= 0.3 is 0 Å². The molecule has 0 atom stereocenters. The SMILES string of the molecule is CN1C(=O)/C(=C\c2c(Oc3ccc(Cl)cc3)nc3ccccn3c2=O)SC1=S. The number of rotatable bonds is 3. The minimum absolute atomic E-state index is 0.0971. The van der Waals surface area contributed by atoms with E-state index in [4.69, 9.17) is 28.6 Å². The van der Waals surface area contributed by atoms with Crippen molar-refractivity contribution in [1.29, 1.82) is 0 Å². The molecule has 1 aliphatic rings. The molecule has 1 amide bonds. The van der Waals surface area contributed by atoms with Crippen molar-refractivity contribution in [3.63, 3.8) is 0 Å². The number of carbonyl (C=O) groups excluding carboxylic acids is 1. The fourth-order valence-corrected chi connectivity index (χ4v) is 3.86. The van der Waals surface area contributed by atoms with Crippen LogP contribution in [-0.2, 0) is 4.79 Å². The summed E-state index contributed by atoms with van der Waals surface area (Å²) < 4.78 is 7.68. The van der Waals surface area contributed by atoms with Gasteiger partial charge in [-0.1, -0.05) is 41.6 Å². The van der Waals surface area contributed by atoms with E-state index in [1.54, 1.807) is 55.7 Å². The van der Waals surface area contributed by atoms with Gasteiger partial charge < -0.3 is 4.74 Å². The van der Waals surface area contributed by atoms with Gasteiger partial charge in [0.25, 0.3) is 11.5 Å². The first-order chi connectivity index (χ1) is 13.4. The number of hydrogen-bond donors (Lipinski definition) is 0. The van der Waals surface area contributed by atoms with Crippen LogP contribution in [0, 0.1) is 0 Å². The number of ether oxygens (including phenoxy) is 1. The summed E-state index contributed by atoms with van der Waals surface area (Å²) in [5.74, 6) is 0.291. The van der Waals surface area contributed by atoms with Gasteiger partial charge in [-0.25, -0.2) is 0 Å². The summed E-state index contributed by atoms with van der Waals surface area (Å²) in [6.45, 7) is 0. The van der Waals surface area contributed by atoms with Crippen molar-refractivity contribution in [1.82, 2.24) is 14.3 Å². The van der Waals surface area contributed by atoms with Crippen LogP contribution in [0.3, 0.4) is 0 Å². The summed E-state index contributed by atoms with van der Waals surface area (Å²) in [6.07, 6.45) is 3.09. The molecule has 3 heterocycles. The lowest BCUT2D eigenvalue weighted by Gasteiger charge is -2.10. The van der Waals surface area contributed by atoms with Crippen LogP contribution >= 0.6 is 35.6 Å². The Morgan fingerprint density at radius 1 is 1.18 bits per heavy atom. The standard InChI is InChI=1S/C19H12ClN3O3S2/c1-22-18(25)14(28-19(22)27)10-13-16(26-12-7-5-11(20)6-8-12)21-15-4-2-3-9-23(15)17(13)24/h2-10H,1H3/b14-10+. The van der Waals surface area contributed by atoms with E-state index in [9.17, 15) is 9.59 Å². The van der Waals surface area contributed by atoms with Crippen LogP contribution in [0.2, 0.25) is 5.02 Å². The summed E-state index contributed by atoms with van der Waals surface area (Å²) in [5, 5.41) is 0.561. The maximum atomic E-state index is 13.1. The first kappa shape index (κ1) is 18.7. The number of fused-ring (bicyclic) bond motifs is 1. The number of carbonyl (C=O) groups is 1. The van der Waals surface area contributed by atoms with E-state index in [0.717, 1.165) is 11.8 Å². The molecule has 28 heavy (non-hydrogen) atoms. The average Bonchev–Trinajstić information content (AvgIpc) is 2.93. The van der Waals surface area contributed by atoms with Gasteiger partial charge in [-0.05, 0) is 42.5 Å². The molecule has 4 rings (SSSR count). The van der Waals surface area contributed by atoms with E-state index < -0.39 is 0 Å². The van der Waals surface area contributed by atoms with E-state index >= 15 is 0 Å². The molecule has 2 aromatic heterocycles. The van der Waals surface area contributed by atoms with Gasteiger partial charge in [0.1, 0.15) is 21.3 Å². The summed E-state index contributed by atoms with van der Waals surface area (Å²) in [4.78, 5) is 31.6. The second-order valence-electron chi connectivity index (χ2n) is 5.86. The molecule has 0 spiro atoms. The average molecular weight is 430 g/mol. The van der Waals surface area contributed by atoms with Crippen molar-refractivity contribution in [2.45, 2.75) is 0 Å². The molecule has 1 aromatic carbocycles. The first-order valence-electron chi connectivity index (χ1n) is 8.10. The Morgan fingerprint density at radius 2 is 1.93 bits per heavy atom. The fraction of sp³-hybridized carbons (Fsp3) is 0.0526. The predicted molar refractivity (Wildman–Crippen MR) is 114 cm³/mol. The molecule has 0 bridgehead atoms. The number of halogens is 1. The second kappa shape index (κ2) is 7.38. The molecule has 0 N–H and O–H groups in total. The van der Waals surface area contributed by atoms with Crippen LogP contribution in [0.4, 0.5) is 0 Å². The molecule has 9 heteroatoms. The number of thioether (sulfide) groups is 1. The highest BCUT2D eigenvalue weighted by Gasteiger charge is 2.29. The highest BCUT2D eigenvalue weighted by molar-refractivity contribution is 8.26. The van der Waals surface area contributed by atoms with Crippen LogP contribution in [0.1, 0.15) is 5.56 Å². The predicted octanol–water partition coefficient (Wildman–Crippen LogP) is 3.97. The Morgan fingerprint density at radius 3 is 2.61 bits per heavy atom. The van der Waals surface area contributed by atoms with Crippen LogP contribution in [0.5, 0.6) is 11.6 Å². The lowest BCUT2D eigenvalue weighted by atomic mass is 10.2. The monoisotopic (exact) mass is 429 g/mol. The largest absolute Gasteiger partial charge is 0.438 e. The number of benzene rings is 1. The van der Waals surface area contributed by atoms with E-state index in [0.29, 0.717) is 25.6 Å².